The standard InChI is InChI=1S/C18H19FN6O3/c1-12(26)24-6-4-23(5-7-24)11-25-15-3-2-13(19)8-14(15)17(20-9-16(25)27)18-22-21-10-28-18/h2-3,8,10H,4-7,9,11H2,1H3. The van der Waals surface area contributed by atoms with Gasteiger partial charge in [-0.1, -0.05) is 0 Å². The van der Waals surface area contributed by atoms with Gasteiger partial charge in [0.05, 0.1) is 12.4 Å². The van der Waals surface area contributed by atoms with E-state index < -0.39 is 5.82 Å². The molecule has 0 bridgehead atoms. The highest BCUT2D eigenvalue weighted by Gasteiger charge is 2.30. The summed E-state index contributed by atoms with van der Waals surface area (Å²) in [7, 11) is 0. The molecule has 0 unspecified atom stereocenters. The fourth-order valence-electron chi connectivity index (χ4n) is 3.40. The first-order chi connectivity index (χ1) is 13.5. The van der Waals surface area contributed by atoms with Crippen molar-refractivity contribution in [1.29, 1.82) is 0 Å². The fourth-order valence-corrected chi connectivity index (χ4v) is 3.40. The van der Waals surface area contributed by atoms with Gasteiger partial charge in [-0.25, -0.2) is 4.39 Å². The molecule has 4 rings (SSSR count). The third kappa shape index (κ3) is 3.50. The van der Waals surface area contributed by atoms with Crippen LogP contribution in [0.15, 0.2) is 34.0 Å². The normalized spacial score (nSPS) is 17.9. The summed E-state index contributed by atoms with van der Waals surface area (Å²) in [5, 5.41) is 7.50. The highest BCUT2D eigenvalue weighted by Crippen LogP contribution is 2.27. The van der Waals surface area contributed by atoms with Crippen LogP contribution in [0.4, 0.5) is 10.1 Å². The Kier molecular flexibility index (Phi) is 4.86. The molecule has 10 heteroatoms. The first kappa shape index (κ1) is 18.2. The Balaban J connectivity index is 1.63. The number of hydrogen-bond donors (Lipinski definition) is 0. The van der Waals surface area contributed by atoms with E-state index in [0.717, 1.165) is 6.39 Å². The molecule has 2 aromatic rings. The number of anilines is 1. The number of amides is 2. The Morgan fingerprint density at radius 2 is 2.04 bits per heavy atom. The minimum atomic E-state index is -0.449. The molecule has 2 amide bonds. The molecule has 146 valence electrons. The van der Waals surface area contributed by atoms with Gasteiger partial charge >= 0.3 is 0 Å². The summed E-state index contributed by atoms with van der Waals surface area (Å²) in [4.78, 5) is 34.1. The molecule has 0 saturated carbocycles. The Morgan fingerprint density at radius 3 is 2.71 bits per heavy atom. The van der Waals surface area contributed by atoms with Crippen LogP contribution in [0.5, 0.6) is 0 Å². The monoisotopic (exact) mass is 386 g/mol. The summed E-state index contributed by atoms with van der Waals surface area (Å²) < 4.78 is 19.2. The third-order valence-corrected chi connectivity index (χ3v) is 4.90. The van der Waals surface area contributed by atoms with Crippen LogP contribution in [0, 0.1) is 5.82 Å². The van der Waals surface area contributed by atoms with Crippen molar-refractivity contribution >= 4 is 23.2 Å². The number of rotatable bonds is 3. The van der Waals surface area contributed by atoms with Crippen molar-refractivity contribution in [3.63, 3.8) is 0 Å². The minimum Gasteiger partial charge on any atom is -0.422 e. The predicted octanol–water partition coefficient (Wildman–Crippen LogP) is 0.514. The number of aliphatic imine (C=N–C) groups is 1. The molecule has 2 aliphatic heterocycles. The number of halogens is 1. The molecular weight excluding hydrogens is 367 g/mol. The second-order valence-corrected chi connectivity index (χ2v) is 6.66. The lowest BCUT2D eigenvalue weighted by molar-refractivity contribution is -0.130. The number of carbonyl (C=O) groups excluding carboxylic acids is 2. The van der Waals surface area contributed by atoms with Gasteiger partial charge in [-0.3, -0.25) is 24.4 Å². The van der Waals surface area contributed by atoms with Gasteiger partial charge in [0.1, 0.15) is 18.1 Å². The number of aromatic nitrogens is 2. The maximum Gasteiger partial charge on any atom is 0.266 e. The predicted molar refractivity (Wildman–Crippen MR) is 97.4 cm³/mol. The average Bonchev–Trinajstić information content (AvgIpc) is 3.17. The number of carbonyl (C=O) groups is 2. The zero-order chi connectivity index (χ0) is 19.7. The van der Waals surface area contributed by atoms with Crippen LogP contribution in [-0.4, -0.2) is 76.9 Å². The maximum absolute atomic E-state index is 14.0. The molecule has 2 aliphatic rings. The molecular formula is C18H19FN6O3. The van der Waals surface area contributed by atoms with E-state index in [0.29, 0.717) is 49.8 Å². The summed E-state index contributed by atoms with van der Waals surface area (Å²) in [6.07, 6.45) is 1.16. The number of fused-ring (bicyclic) bond motifs is 1. The van der Waals surface area contributed by atoms with Crippen molar-refractivity contribution in [3.8, 4) is 0 Å². The smallest absolute Gasteiger partial charge is 0.266 e. The zero-order valence-electron chi connectivity index (χ0n) is 15.3. The van der Waals surface area contributed by atoms with Crippen molar-refractivity contribution in [2.75, 3.05) is 44.3 Å². The summed E-state index contributed by atoms with van der Waals surface area (Å²) in [5.41, 5.74) is 1.26. The first-order valence-corrected chi connectivity index (χ1v) is 8.92. The van der Waals surface area contributed by atoms with E-state index in [9.17, 15) is 14.0 Å². The van der Waals surface area contributed by atoms with Crippen LogP contribution >= 0.6 is 0 Å². The molecule has 0 radical (unpaired) electrons. The lowest BCUT2D eigenvalue weighted by atomic mass is 10.1. The van der Waals surface area contributed by atoms with E-state index in [1.54, 1.807) is 22.8 Å². The quantitative estimate of drug-likeness (QED) is 0.763. The van der Waals surface area contributed by atoms with Crippen LogP contribution in [-0.2, 0) is 9.59 Å². The second kappa shape index (κ2) is 7.47. The van der Waals surface area contributed by atoms with Gasteiger partial charge in [0, 0.05) is 38.7 Å². The summed E-state index contributed by atoms with van der Waals surface area (Å²) >= 11 is 0. The number of piperazine rings is 1. The second-order valence-electron chi connectivity index (χ2n) is 6.66. The van der Waals surface area contributed by atoms with Gasteiger partial charge in [0.2, 0.25) is 18.2 Å². The highest BCUT2D eigenvalue weighted by atomic mass is 19.1. The zero-order valence-corrected chi connectivity index (χ0v) is 15.3. The highest BCUT2D eigenvalue weighted by molar-refractivity contribution is 6.17. The number of nitrogens with zero attached hydrogens (tertiary/aromatic N) is 6. The average molecular weight is 386 g/mol. The number of hydrogen-bond acceptors (Lipinski definition) is 7. The van der Waals surface area contributed by atoms with E-state index in [1.165, 1.54) is 12.1 Å². The molecule has 0 atom stereocenters. The van der Waals surface area contributed by atoms with Crippen LogP contribution in [0.25, 0.3) is 0 Å². The van der Waals surface area contributed by atoms with E-state index in [4.69, 9.17) is 4.42 Å². The van der Waals surface area contributed by atoms with Gasteiger partial charge in [-0.2, -0.15) is 0 Å². The van der Waals surface area contributed by atoms with Crippen LogP contribution in [0.2, 0.25) is 0 Å². The number of benzene rings is 1. The van der Waals surface area contributed by atoms with E-state index in [1.807, 2.05) is 0 Å². The lowest BCUT2D eigenvalue weighted by Crippen LogP contribution is -2.52. The molecule has 0 spiro atoms. The lowest BCUT2D eigenvalue weighted by Gasteiger charge is -2.37. The van der Waals surface area contributed by atoms with Crippen LogP contribution < -0.4 is 4.90 Å². The molecule has 1 fully saturated rings. The van der Waals surface area contributed by atoms with Crippen molar-refractivity contribution in [1.82, 2.24) is 20.0 Å². The van der Waals surface area contributed by atoms with E-state index >= 15 is 0 Å². The topological polar surface area (TPSA) is 95.1 Å². The summed E-state index contributed by atoms with van der Waals surface area (Å²) in [6, 6.07) is 4.19. The molecule has 9 nitrogen and oxygen atoms in total. The third-order valence-electron chi connectivity index (χ3n) is 4.90. The summed E-state index contributed by atoms with van der Waals surface area (Å²) in [6.45, 7) is 4.29. The Bertz CT molecular complexity index is 921. The van der Waals surface area contributed by atoms with Crippen molar-refractivity contribution in [3.05, 3.63) is 41.9 Å². The number of benzodiazepines with no additional fused rings is 1. The van der Waals surface area contributed by atoms with Gasteiger partial charge < -0.3 is 9.32 Å². The SMILES string of the molecule is CC(=O)N1CCN(CN2C(=O)CN=C(c3nnco3)c3cc(F)ccc32)CC1. The Hall–Kier alpha value is -3.14. The van der Waals surface area contributed by atoms with E-state index in [2.05, 4.69) is 20.1 Å². The van der Waals surface area contributed by atoms with E-state index in [-0.39, 0.29) is 24.2 Å². The maximum atomic E-state index is 14.0. The van der Waals surface area contributed by atoms with Gasteiger partial charge in [0.15, 0.2) is 0 Å². The fraction of sp³-hybridized carbons (Fsp3) is 0.389. The first-order valence-electron chi connectivity index (χ1n) is 8.92. The Labute approximate surface area is 160 Å². The minimum absolute atomic E-state index is 0.0453. The molecule has 28 heavy (non-hydrogen) atoms. The van der Waals surface area contributed by atoms with Gasteiger partial charge in [-0.05, 0) is 18.2 Å². The molecule has 3 heterocycles. The molecule has 1 aromatic heterocycles. The molecule has 0 aliphatic carbocycles. The molecule has 1 aromatic carbocycles. The van der Waals surface area contributed by atoms with Crippen LogP contribution in [0.3, 0.4) is 0 Å². The molecule has 0 N–H and O–H groups in total. The van der Waals surface area contributed by atoms with Crippen molar-refractivity contribution in [2.45, 2.75) is 6.92 Å². The Morgan fingerprint density at radius 1 is 1.25 bits per heavy atom. The van der Waals surface area contributed by atoms with Gasteiger partial charge in [0.25, 0.3) is 5.89 Å². The largest absolute Gasteiger partial charge is 0.422 e. The molecule has 1 saturated heterocycles. The van der Waals surface area contributed by atoms with Crippen molar-refractivity contribution < 1.29 is 18.4 Å². The van der Waals surface area contributed by atoms with Gasteiger partial charge in [-0.15, -0.1) is 10.2 Å². The summed E-state index contributed by atoms with van der Waals surface area (Å²) in [5.74, 6) is -0.479. The van der Waals surface area contributed by atoms with Crippen molar-refractivity contribution in [2.24, 2.45) is 4.99 Å². The van der Waals surface area contributed by atoms with Crippen LogP contribution in [0.1, 0.15) is 18.4 Å².